The van der Waals surface area contributed by atoms with Crippen molar-refractivity contribution in [2.75, 3.05) is 0 Å². The van der Waals surface area contributed by atoms with Gasteiger partial charge in [-0.05, 0) is 17.5 Å². The van der Waals surface area contributed by atoms with Crippen LogP contribution in [0.3, 0.4) is 0 Å². The van der Waals surface area contributed by atoms with Crippen molar-refractivity contribution in [3.8, 4) is 0 Å². The molecule has 1 aromatic heterocycles. The number of ketones is 1. The van der Waals surface area contributed by atoms with Crippen LogP contribution < -0.4 is 10.9 Å². The Morgan fingerprint density at radius 1 is 0.680 bits per heavy atom. The first-order valence-electron chi connectivity index (χ1n) is 7.50. The molecule has 0 unspecified atom stereocenters. The van der Waals surface area contributed by atoms with E-state index in [0.717, 1.165) is 0 Å². The molecule has 0 spiro atoms. The number of hydrazine groups is 1. The number of hydrogen-bond acceptors (Lipinski definition) is 4. The van der Waals surface area contributed by atoms with E-state index in [1.807, 2.05) is 6.07 Å². The number of rotatable bonds is 4. The van der Waals surface area contributed by atoms with Crippen LogP contribution in [-0.4, -0.2) is 17.6 Å². The van der Waals surface area contributed by atoms with Crippen LogP contribution in [0.2, 0.25) is 0 Å². The highest BCUT2D eigenvalue weighted by Crippen LogP contribution is 2.15. The molecule has 0 aliphatic carbocycles. The molecule has 0 saturated heterocycles. The number of thiophene rings is 1. The van der Waals surface area contributed by atoms with E-state index in [1.165, 1.54) is 11.3 Å². The second-order valence-electron chi connectivity index (χ2n) is 5.13. The van der Waals surface area contributed by atoms with Crippen LogP contribution in [0.5, 0.6) is 0 Å². The van der Waals surface area contributed by atoms with Gasteiger partial charge in [-0.15, -0.1) is 11.3 Å². The Morgan fingerprint density at radius 2 is 1.32 bits per heavy atom. The number of nitrogens with one attached hydrogen (secondary N) is 2. The highest BCUT2D eigenvalue weighted by atomic mass is 32.1. The zero-order valence-electron chi connectivity index (χ0n) is 13.1. The summed E-state index contributed by atoms with van der Waals surface area (Å²) in [6.07, 6.45) is 0. The summed E-state index contributed by atoms with van der Waals surface area (Å²) in [5.74, 6) is -1.21. The van der Waals surface area contributed by atoms with E-state index in [-0.39, 0.29) is 16.9 Å². The van der Waals surface area contributed by atoms with E-state index in [1.54, 1.807) is 66.0 Å². The van der Waals surface area contributed by atoms with E-state index in [4.69, 9.17) is 0 Å². The maximum absolute atomic E-state index is 12.6. The van der Waals surface area contributed by atoms with Gasteiger partial charge in [-0.2, -0.15) is 0 Å². The molecule has 2 aromatic carbocycles. The maximum atomic E-state index is 12.6. The van der Waals surface area contributed by atoms with Crippen LogP contribution in [0.25, 0.3) is 0 Å². The second-order valence-corrected chi connectivity index (χ2v) is 6.07. The highest BCUT2D eigenvalue weighted by molar-refractivity contribution is 7.12. The molecular weight excluding hydrogens is 336 g/mol. The Balaban J connectivity index is 1.77. The first-order chi connectivity index (χ1) is 12.2. The minimum atomic E-state index is -0.551. The fourth-order valence-electron chi connectivity index (χ4n) is 2.27. The molecule has 0 atom stereocenters. The zero-order chi connectivity index (χ0) is 17.6. The van der Waals surface area contributed by atoms with E-state index < -0.39 is 11.8 Å². The van der Waals surface area contributed by atoms with Crippen LogP contribution in [-0.2, 0) is 0 Å². The molecule has 1 heterocycles. The highest BCUT2D eigenvalue weighted by Gasteiger charge is 2.18. The molecule has 0 saturated carbocycles. The van der Waals surface area contributed by atoms with E-state index in [2.05, 4.69) is 10.9 Å². The van der Waals surface area contributed by atoms with Gasteiger partial charge in [0.05, 0.1) is 10.4 Å². The molecule has 0 aliphatic heterocycles. The molecule has 0 bridgehead atoms. The summed E-state index contributed by atoms with van der Waals surface area (Å²) in [6, 6.07) is 18.6. The molecule has 3 rings (SSSR count). The quantitative estimate of drug-likeness (QED) is 0.561. The fraction of sp³-hybridized carbons (Fsp3) is 0. The average molecular weight is 350 g/mol. The molecule has 25 heavy (non-hydrogen) atoms. The lowest BCUT2D eigenvalue weighted by atomic mass is 9.98. The number of amides is 2. The van der Waals surface area contributed by atoms with E-state index in [0.29, 0.717) is 10.4 Å². The minimum Gasteiger partial charge on any atom is -0.289 e. The molecule has 124 valence electrons. The molecule has 6 heteroatoms. The van der Waals surface area contributed by atoms with Crippen LogP contribution in [0.15, 0.2) is 72.1 Å². The lowest BCUT2D eigenvalue weighted by Gasteiger charge is -2.10. The summed E-state index contributed by atoms with van der Waals surface area (Å²) >= 11 is 1.27. The molecule has 3 aromatic rings. The van der Waals surface area contributed by atoms with Crippen LogP contribution in [0, 0.1) is 0 Å². The fourth-order valence-corrected chi connectivity index (χ4v) is 2.89. The molecule has 0 radical (unpaired) electrons. The van der Waals surface area contributed by atoms with Gasteiger partial charge in [0.25, 0.3) is 11.8 Å². The van der Waals surface area contributed by atoms with Crippen molar-refractivity contribution < 1.29 is 14.4 Å². The predicted octanol–water partition coefficient (Wildman–Crippen LogP) is 3.05. The summed E-state index contributed by atoms with van der Waals surface area (Å²) < 4.78 is 0. The van der Waals surface area contributed by atoms with Crippen molar-refractivity contribution in [2.24, 2.45) is 0 Å². The molecule has 2 N–H and O–H groups in total. The van der Waals surface area contributed by atoms with Gasteiger partial charge in [0.1, 0.15) is 0 Å². The largest absolute Gasteiger partial charge is 0.289 e. The average Bonchev–Trinajstić information content (AvgIpc) is 3.21. The zero-order valence-corrected chi connectivity index (χ0v) is 13.9. The van der Waals surface area contributed by atoms with Gasteiger partial charge in [-0.3, -0.25) is 25.2 Å². The molecular formula is C19H14N2O3S. The number of hydrogen-bond donors (Lipinski definition) is 2. The van der Waals surface area contributed by atoms with Crippen molar-refractivity contribution in [3.05, 3.63) is 93.7 Å². The standard InChI is InChI=1S/C19H14N2O3S/c22-17(13-7-2-1-3-8-13)14-9-4-5-10-15(14)18(23)20-21-19(24)16-11-6-12-25-16/h1-12H,(H,20,23)(H,21,24). The van der Waals surface area contributed by atoms with E-state index >= 15 is 0 Å². The Labute approximate surface area is 148 Å². The van der Waals surface area contributed by atoms with Crippen molar-refractivity contribution >= 4 is 28.9 Å². The van der Waals surface area contributed by atoms with Crippen molar-refractivity contribution in [2.45, 2.75) is 0 Å². The molecule has 2 amide bonds. The third-order valence-corrected chi connectivity index (χ3v) is 4.36. The van der Waals surface area contributed by atoms with Gasteiger partial charge in [-0.1, -0.05) is 54.6 Å². The smallest absolute Gasteiger partial charge is 0.279 e. The van der Waals surface area contributed by atoms with Crippen molar-refractivity contribution in [3.63, 3.8) is 0 Å². The molecule has 5 nitrogen and oxygen atoms in total. The van der Waals surface area contributed by atoms with Crippen LogP contribution in [0.1, 0.15) is 36.0 Å². The van der Waals surface area contributed by atoms with Crippen molar-refractivity contribution in [1.82, 2.24) is 10.9 Å². The normalized spacial score (nSPS) is 10.1. The first kappa shape index (κ1) is 16.6. The van der Waals surface area contributed by atoms with E-state index in [9.17, 15) is 14.4 Å². The third kappa shape index (κ3) is 3.81. The molecule has 0 fully saturated rings. The summed E-state index contributed by atoms with van der Waals surface area (Å²) in [5.41, 5.74) is 5.66. The Hall–Kier alpha value is -3.25. The summed E-state index contributed by atoms with van der Waals surface area (Å²) in [6.45, 7) is 0. The van der Waals surface area contributed by atoms with Crippen LogP contribution >= 0.6 is 11.3 Å². The molecule has 0 aliphatic rings. The van der Waals surface area contributed by atoms with Gasteiger partial charge < -0.3 is 0 Å². The van der Waals surface area contributed by atoms with Gasteiger partial charge in [0, 0.05) is 11.1 Å². The van der Waals surface area contributed by atoms with Crippen molar-refractivity contribution in [1.29, 1.82) is 0 Å². The Bertz CT molecular complexity index is 905. The number of carbonyl (C=O) groups is 3. The lowest BCUT2D eigenvalue weighted by Crippen LogP contribution is -2.41. The first-order valence-corrected chi connectivity index (χ1v) is 8.38. The number of benzene rings is 2. The van der Waals surface area contributed by atoms with Gasteiger partial charge in [0.15, 0.2) is 5.78 Å². The summed E-state index contributed by atoms with van der Waals surface area (Å²) in [4.78, 5) is 37.4. The second kappa shape index (κ2) is 7.55. The Morgan fingerprint density at radius 3 is 2.00 bits per heavy atom. The number of carbonyl (C=O) groups excluding carboxylic acids is 3. The summed E-state index contributed by atoms with van der Waals surface area (Å²) in [7, 11) is 0. The third-order valence-electron chi connectivity index (χ3n) is 3.49. The minimum absolute atomic E-state index is 0.197. The monoisotopic (exact) mass is 350 g/mol. The van der Waals surface area contributed by atoms with Crippen LogP contribution in [0.4, 0.5) is 0 Å². The van der Waals surface area contributed by atoms with Gasteiger partial charge in [-0.25, -0.2) is 0 Å². The van der Waals surface area contributed by atoms with Gasteiger partial charge >= 0.3 is 0 Å². The Kier molecular flexibility index (Phi) is 5.01. The topological polar surface area (TPSA) is 75.3 Å². The maximum Gasteiger partial charge on any atom is 0.279 e. The van der Waals surface area contributed by atoms with Gasteiger partial charge in [0.2, 0.25) is 0 Å². The predicted molar refractivity (Wildman–Crippen MR) is 95.6 cm³/mol. The lowest BCUT2D eigenvalue weighted by molar-refractivity contribution is 0.0847. The SMILES string of the molecule is O=C(NNC(=O)c1ccccc1C(=O)c1ccccc1)c1cccs1. The summed E-state index contributed by atoms with van der Waals surface area (Å²) in [5, 5.41) is 1.77.